The van der Waals surface area contributed by atoms with E-state index in [1.807, 2.05) is 0 Å². The molecule has 0 aromatic heterocycles. The van der Waals surface area contributed by atoms with Crippen LogP contribution in [0.1, 0.15) is 58.8 Å². The zero-order valence-electron chi connectivity index (χ0n) is 17.0. The molecule has 4 bridgehead atoms. The average molecular weight is 348 g/mol. The summed E-state index contributed by atoms with van der Waals surface area (Å²) in [5.74, 6) is 4.08. The first-order valence-electron chi connectivity index (χ1n) is 11.2. The van der Waals surface area contributed by atoms with E-state index in [0.717, 1.165) is 41.7 Å². The molecular weight excluding hydrogens is 306 g/mol. The maximum absolute atomic E-state index is 3.31. The molecule has 0 spiro atoms. The lowest BCUT2D eigenvalue weighted by Gasteiger charge is -2.57. The molecule has 0 aromatic carbocycles. The molecule has 144 valence electrons. The lowest BCUT2D eigenvalue weighted by Crippen LogP contribution is -2.57. The van der Waals surface area contributed by atoms with Crippen molar-refractivity contribution < 1.29 is 0 Å². The predicted molar refractivity (Wildman–Crippen MR) is 106 cm³/mol. The lowest BCUT2D eigenvalue weighted by molar-refractivity contribution is -0.0662. The van der Waals surface area contributed by atoms with Crippen LogP contribution >= 0.6 is 0 Å². The van der Waals surface area contributed by atoms with Crippen LogP contribution in [0.2, 0.25) is 0 Å². The highest BCUT2D eigenvalue weighted by Crippen LogP contribution is 2.61. The summed E-state index contributed by atoms with van der Waals surface area (Å²) in [5, 5.41) is 3.31. The Morgan fingerprint density at radius 1 is 0.960 bits per heavy atom. The maximum atomic E-state index is 3.31. The van der Waals surface area contributed by atoms with Crippen molar-refractivity contribution in [1.82, 2.24) is 15.1 Å². The van der Waals surface area contributed by atoms with Gasteiger partial charge in [-0.3, -0.25) is 9.80 Å². The summed E-state index contributed by atoms with van der Waals surface area (Å²) in [7, 11) is 2.07. The minimum absolute atomic E-state index is 0.750. The van der Waals surface area contributed by atoms with Crippen molar-refractivity contribution in [3.63, 3.8) is 0 Å². The maximum Gasteiger partial charge on any atom is 0.0246 e. The van der Waals surface area contributed by atoms with E-state index in [-0.39, 0.29) is 0 Å². The highest BCUT2D eigenvalue weighted by atomic mass is 15.3. The summed E-state index contributed by atoms with van der Waals surface area (Å²) in [6, 6.07) is 0.763. The Hall–Kier alpha value is -0.120. The number of piperazine rings is 1. The van der Waals surface area contributed by atoms with E-state index >= 15 is 0 Å². The number of rotatable bonds is 7. The van der Waals surface area contributed by atoms with Crippen LogP contribution in [0.4, 0.5) is 0 Å². The first-order chi connectivity index (χ1) is 12.1. The molecule has 1 N–H and O–H groups in total. The van der Waals surface area contributed by atoms with E-state index < -0.39 is 0 Å². The third-order valence-electron chi connectivity index (χ3n) is 8.16. The molecule has 3 nitrogen and oxygen atoms in total. The fourth-order valence-electron chi connectivity index (χ4n) is 7.27. The molecule has 4 saturated carbocycles. The summed E-state index contributed by atoms with van der Waals surface area (Å²) in [5.41, 5.74) is 0.750. The largest absolute Gasteiger partial charge is 0.318 e. The van der Waals surface area contributed by atoms with Gasteiger partial charge in [-0.25, -0.2) is 0 Å². The van der Waals surface area contributed by atoms with Gasteiger partial charge >= 0.3 is 0 Å². The minimum Gasteiger partial charge on any atom is -0.318 e. The topological polar surface area (TPSA) is 18.5 Å². The van der Waals surface area contributed by atoms with E-state index in [2.05, 4.69) is 36.0 Å². The molecule has 5 aliphatic rings. The Morgan fingerprint density at radius 2 is 1.60 bits per heavy atom. The van der Waals surface area contributed by atoms with Crippen molar-refractivity contribution in [3.05, 3.63) is 0 Å². The second kappa shape index (κ2) is 7.48. The number of hydrogen-bond acceptors (Lipinski definition) is 3. The number of nitrogens with one attached hydrogen (secondary N) is 1. The Kier molecular flexibility index (Phi) is 5.46. The normalized spacial score (nSPS) is 41.8. The van der Waals surface area contributed by atoms with E-state index in [0.29, 0.717) is 0 Å². The van der Waals surface area contributed by atoms with E-state index in [1.165, 1.54) is 39.1 Å². The number of likely N-dealkylation sites (N-methyl/N-ethyl adjacent to an activating group) is 1. The second-order valence-electron chi connectivity index (χ2n) is 10.4. The molecule has 1 saturated heterocycles. The molecule has 25 heavy (non-hydrogen) atoms. The lowest BCUT2D eigenvalue weighted by atomic mass is 9.49. The first kappa shape index (κ1) is 18.3. The van der Waals surface area contributed by atoms with Crippen molar-refractivity contribution in [3.8, 4) is 0 Å². The second-order valence-corrected chi connectivity index (χ2v) is 10.4. The highest BCUT2D eigenvalue weighted by Gasteiger charge is 2.50. The van der Waals surface area contributed by atoms with Crippen LogP contribution in [0.15, 0.2) is 0 Å². The summed E-state index contributed by atoms with van der Waals surface area (Å²) in [4.78, 5) is 5.56. The third kappa shape index (κ3) is 3.94. The zero-order chi connectivity index (χ0) is 17.4. The molecule has 0 radical (unpaired) electrons. The quantitative estimate of drug-likeness (QED) is 0.761. The van der Waals surface area contributed by atoms with E-state index in [9.17, 15) is 0 Å². The Morgan fingerprint density at radius 3 is 2.16 bits per heavy atom. The molecule has 1 heterocycles. The molecule has 3 heteroatoms. The van der Waals surface area contributed by atoms with Gasteiger partial charge in [-0.05, 0) is 87.6 Å². The van der Waals surface area contributed by atoms with Crippen molar-refractivity contribution in [2.45, 2.75) is 64.8 Å². The van der Waals surface area contributed by atoms with Gasteiger partial charge in [0.15, 0.2) is 0 Å². The van der Waals surface area contributed by atoms with Crippen LogP contribution in [0, 0.1) is 29.1 Å². The van der Waals surface area contributed by atoms with E-state index in [1.54, 1.807) is 38.5 Å². The van der Waals surface area contributed by atoms with Gasteiger partial charge in [0.25, 0.3) is 0 Å². The highest BCUT2D eigenvalue weighted by molar-refractivity contribution is 5.02. The van der Waals surface area contributed by atoms with Crippen molar-refractivity contribution in [2.24, 2.45) is 29.1 Å². The summed E-state index contributed by atoms with van der Waals surface area (Å²) >= 11 is 0. The third-order valence-corrected chi connectivity index (χ3v) is 8.16. The minimum atomic E-state index is 0.750. The van der Waals surface area contributed by atoms with Crippen molar-refractivity contribution >= 4 is 0 Å². The molecule has 0 amide bonds. The standard InChI is InChI=1S/C22H41N3/c1-17(2)21-16-24(7-5-23-3)8-9-25(21)6-4-22-13-18-10-19(14-22)12-20(11-18)15-22/h17-21,23H,4-16H2,1-3H3/t18?,19?,20?,21-,22?/m0/s1. The molecule has 5 rings (SSSR count). The van der Waals surface area contributed by atoms with Gasteiger partial charge in [0.05, 0.1) is 0 Å². The zero-order valence-corrected chi connectivity index (χ0v) is 17.0. The Bertz CT molecular complexity index is 411. The average Bonchev–Trinajstić information content (AvgIpc) is 2.57. The van der Waals surface area contributed by atoms with Gasteiger partial charge < -0.3 is 5.32 Å². The summed E-state index contributed by atoms with van der Waals surface area (Å²) in [6.45, 7) is 12.4. The van der Waals surface area contributed by atoms with Crippen LogP contribution in [-0.4, -0.2) is 62.2 Å². The smallest absolute Gasteiger partial charge is 0.0246 e. The van der Waals surface area contributed by atoms with Gasteiger partial charge in [-0.1, -0.05) is 13.8 Å². The molecule has 4 aliphatic carbocycles. The Labute approximate surface area is 155 Å². The first-order valence-corrected chi connectivity index (χ1v) is 11.2. The van der Waals surface area contributed by atoms with Gasteiger partial charge in [0.2, 0.25) is 0 Å². The van der Waals surface area contributed by atoms with E-state index in [4.69, 9.17) is 0 Å². The predicted octanol–water partition coefficient (Wildman–Crippen LogP) is 3.45. The van der Waals surface area contributed by atoms with Crippen molar-refractivity contribution in [2.75, 3.05) is 46.3 Å². The molecule has 1 atom stereocenters. The van der Waals surface area contributed by atoms with Gasteiger partial charge in [0.1, 0.15) is 0 Å². The monoisotopic (exact) mass is 347 g/mol. The summed E-state index contributed by atoms with van der Waals surface area (Å²) in [6.07, 6.45) is 11.0. The molecule has 0 unspecified atom stereocenters. The van der Waals surface area contributed by atoms with Crippen molar-refractivity contribution in [1.29, 1.82) is 0 Å². The fourth-order valence-corrected chi connectivity index (χ4v) is 7.27. The number of nitrogens with zero attached hydrogens (tertiary/aromatic N) is 2. The van der Waals surface area contributed by atoms with Gasteiger partial charge in [-0.15, -0.1) is 0 Å². The molecular formula is C22H41N3. The van der Waals surface area contributed by atoms with Gasteiger partial charge in [-0.2, -0.15) is 0 Å². The van der Waals surface area contributed by atoms with Crippen LogP contribution in [0.25, 0.3) is 0 Å². The number of hydrogen-bond donors (Lipinski definition) is 1. The van der Waals surface area contributed by atoms with Crippen LogP contribution in [-0.2, 0) is 0 Å². The van der Waals surface area contributed by atoms with Crippen LogP contribution in [0.3, 0.4) is 0 Å². The fraction of sp³-hybridized carbons (Fsp3) is 1.00. The Balaban J connectivity index is 1.34. The van der Waals surface area contributed by atoms with Crippen LogP contribution in [0.5, 0.6) is 0 Å². The molecule has 1 aliphatic heterocycles. The molecule has 0 aromatic rings. The van der Waals surface area contributed by atoms with Gasteiger partial charge in [0, 0.05) is 38.8 Å². The molecule has 5 fully saturated rings. The van der Waals surface area contributed by atoms with Crippen LogP contribution < -0.4 is 5.32 Å². The summed E-state index contributed by atoms with van der Waals surface area (Å²) < 4.78 is 0. The SMILES string of the molecule is CNCCN1CCN(CCC23CC4CC(CC(C4)C2)C3)[C@H](C(C)C)C1.